The predicted octanol–water partition coefficient (Wildman–Crippen LogP) is 3.05. The second kappa shape index (κ2) is 9.94. The number of piperazine rings is 1. The van der Waals surface area contributed by atoms with E-state index in [1.54, 1.807) is 24.1 Å². The highest BCUT2D eigenvalue weighted by Crippen LogP contribution is 2.26. The maximum Gasteiger partial charge on any atom is 0.260 e. The number of carbonyl (C=O) groups excluding carboxylic acids is 1. The minimum absolute atomic E-state index is 0.0273. The van der Waals surface area contributed by atoms with Crippen LogP contribution in [-0.4, -0.2) is 55.6 Å². The number of hydrogen-bond donors (Lipinski definition) is 0. The highest BCUT2D eigenvalue weighted by Gasteiger charge is 2.27. The van der Waals surface area contributed by atoms with Gasteiger partial charge < -0.3 is 14.4 Å². The molecular weight excluding hydrogens is 366 g/mol. The van der Waals surface area contributed by atoms with E-state index >= 15 is 0 Å². The molecule has 0 aliphatic carbocycles. The number of aryl methyl sites for hydroxylation is 1. The Labute approximate surface area is 172 Å². The smallest absolute Gasteiger partial charge is 0.260 e. The summed E-state index contributed by atoms with van der Waals surface area (Å²) in [6.07, 6.45) is 0.981. The Hall–Kier alpha value is -3.04. The molecule has 0 bridgehead atoms. The van der Waals surface area contributed by atoms with E-state index in [9.17, 15) is 10.1 Å². The minimum Gasteiger partial charge on any atom is -0.493 e. The molecule has 1 fully saturated rings. The topological polar surface area (TPSA) is 65.8 Å². The largest absolute Gasteiger partial charge is 0.493 e. The number of carbonyl (C=O) groups is 1. The molecule has 1 aliphatic rings. The van der Waals surface area contributed by atoms with E-state index in [2.05, 4.69) is 30.0 Å². The number of hydrogen-bond acceptors (Lipinski definition) is 5. The summed E-state index contributed by atoms with van der Waals surface area (Å²) in [6.45, 7) is 4.58. The fourth-order valence-corrected chi connectivity index (χ4v) is 3.50. The average Bonchev–Trinajstić information content (AvgIpc) is 2.79. The maximum absolute atomic E-state index is 12.5. The second-order valence-electron chi connectivity index (χ2n) is 6.98. The maximum atomic E-state index is 12.5. The molecule has 0 saturated carbocycles. The van der Waals surface area contributed by atoms with Gasteiger partial charge in [-0.25, -0.2) is 0 Å². The van der Waals surface area contributed by atoms with Gasteiger partial charge >= 0.3 is 0 Å². The number of methoxy groups -OCH3 is 1. The Morgan fingerprint density at radius 1 is 1.07 bits per heavy atom. The summed E-state index contributed by atoms with van der Waals surface area (Å²) in [5.74, 6) is 1.11. The van der Waals surface area contributed by atoms with E-state index in [1.165, 1.54) is 5.56 Å². The van der Waals surface area contributed by atoms with Gasteiger partial charge in [-0.15, -0.1) is 0 Å². The predicted molar refractivity (Wildman–Crippen MR) is 111 cm³/mol. The van der Waals surface area contributed by atoms with Crippen molar-refractivity contribution in [3.05, 3.63) is 59.7 Å². The number of benzene rings is 2. The van der Waals surface area contributed by atoms with Crippen LogP contribution < -0.4 is 9.47 Å². The van der Waals surface area contributed by atoms with Gasteiger partial charge in [0.2, 0.25) is 0 Å². The fraction of sp³-hybridized carbons (Fsp3) is 0.391. The first-order chi connectivity index (χ1) is 14.2. The average molecular weight is 393 g/mol. The van der Waals surface area contributed by atoms with Crippen LogP contribution in [0.15, 0.2) is 48.5 Å². The summed E-state index contributed by atoms with van der Waals surface area (Å²) in [5, 5.41) is 9.69. The molecule has 3 rings (SSSR count). The molecule has 152 valence electrons. The van der Waals surface area contributed by atoms with Gasteiger partial charge in [0.25, 0.3) is 5.91 Å². The van der Waals surface area contributed by atoms with Crippen molar-refractivity contribution in [2.45, 2.75) is 19.4 Å². The van der Waals surface area contributed by atoms with E-state index in [1.807, 2.05) is 24.3 Å². The van der Waals surface area contributed by atoms with Crippen molar-refractivity contribution >= 4 is 5.91 Å². The van der Waals surface area contributed by atoms with Crippen molar-refractivity contribution in [3.63, 3.8) is 0 Å². The molecule has 1 aliphatic heterocycles. The molecule has 1 unspecified atom stereocenters. The Balaban J connectivity index is 1.53. The molecule has 2 aromatic carbocycles. The van der Waals surface area contributed by atoms with Crippen LogP contribution in [0.4, 0.5) is 0 Å². The normalized spacial score (nSPS) is 15.4. The van der Waals surface area contributed by atoms with E-state index in [4.69, 9.17) is 9.47 Å². The van der Waals surface area contributed by atoms with Crippen LogP contribution in [0.5, 0.6) is 11.5 Å². The molecule has 0 N–H and O–H groups in total. The van der Waals surface area contributed by atoms with Gasteiger partial charge in [0.05, 0.1) is 13.2 Å². The summed E-state index contributed by atoms with van der Waals surface area (Å²) in [7, 11) is 1.57. The summed E-state index contributed by atoms with van der Waals surface area (Å²) < 4.78 is 10.9. The molecule has 29 heavy (non-hydrogen) atoms. The third kappa shape index (κ3) is 5.07. The first kappa shape index (κ1) is 20.7. The Bertz CT molecular complexity index is 852. The van der Waals surface area contributed by atoms with Crippen LogP contribution >= 0.6 is 0 Å². The fourth-order valence-electron chi connectivity index (χ4n) is 3.50. The summed E-state index contributed by atoms with van der Waals surface area (Å²) >= 11 is 0. The van der Waals surface area contributed by atoms with Gasteiger partial charge in [0.15, 0.2) is 18.1 Å². The Kier molecular flexibility index (Phi) is 7.09. The van der Waals surface area contributed by atoms with Gasteiger partial charge in [-0.1, -0.05) is 43.3 Å². The molecule has 0 spiro atoms. The number of rotatable bonds is 7. The number of amides is 1. The van der Waals surface area contributed by atoms with Crippen molar-refractivity contribution in [2.75, 3.05) is 39.9 Å². The molecule has 0 radical (unpaired) electrons. The Morgan fingerprint density at radius 3 is 2.31 bits per heavy atom. The van der Waals surface area contributed by atoms with Gasteiger partial charge in [0.1, 0.15) is 6.04 Å². The van der Waals surface area contributed by atoms with Gasteiger partial charge in [0, 0.05) is 26.2 Å². The monoisotopic (exact) mass is 393 g/mol. The highest BCUT2D eigenvalue weighted by molar-refractivity contribution is 5.78. The standard InChI is InChI=1S/C23H27N3O3/c1-3-18-8-10-19(11-9-18)20(16-24)25-12-14-26(15-13-25)23(27)17-29-22-7-5-4-6-21(22)28-2/h4-11,20H,3,12-15,17H2,1-2H3. The van der Waals surface area contributed by atoms with Crippen molar-refractivity contribution in [3.8, 4) is 17.6 Å². The molecule has 1 heterocycles. The van der Waals surface area contributed by atoms with E-state index in [0.717, 1.165) is 12.0 Å². The van der Waals surface area contributed by atoms with Crippen LogP contribution in [0.25, 0.3) is 0 Å². The summed E-state index contributed by atoms with van der Waals surface area (Å²) in [5.41, 5.74) is 2.26. The molecule has 1 amide bonds. The lowest BCUT2D eigenvalue weighted by molar-refractivity contribution is -0.135. The first-order valence-corrected chi connectivity index (χ1v) is 9.92. The zero-order valence-corrected chi connectivity index (χ0v) is 17.0. The van der Waals surface area contributed by atoms with E-state index < -0.39 is 0 Å². The quantitative estimate of drug-likeness (QED) is 0.723. The summed E-state index contributed by atoms with van der Waals surface area (Å²) in [6, 6.07) is 17.6. The van der Waals surface area contributed by atoms with Crippen LogP contribution in [-0.2, 0) is 11.2 Å². The van der Waals surface area contributed by atoms with Crippen LogP contribution in [0.2, 0.25) is 0 Å². The molecule has 2 aromatic rings. The lowest BCUT2D eigenvalue weighted by Gasteiger charge is -2.37. The molecule has 6 nitrogen and oxygen atoms in total. The van der Waals surface area contributed by atoms with Crippen molar-refractivity contribution in [1.82, 2.24) is 9.80 Å². The van der Waals surface area contributed by atoms with Gasteiger partial charge in [-0.05, 0) is 29.7 Å². The first-order valence-electron chi connectivity index (χ1n) is 9.92. The molecule has 1 atom stereocenters. The van der Waals surface area contributed by atoms with Crippen LogP contribution in [0, 0.1) is 11.3 Å². The van der Waals surface area contributed by atoms with Crippen LogP contribution in [0.3, 0.4) is 0 Å². The highest BCUT2D eigenvalue weighted by atomic mass is 16.5. The minimum atomic E-state index is -0.289. The van der Waals surface area contributed by atoms with E-state index in [0.29, 0.717) is 37.7 Å². The van der Waals surface area contributed by atoms with Crippen molar-refractivity contribution < 1.29 is 14.3 Å². The number of ether oxygens (including phenoxy) is 2. The number of para-hydroxylation sites is 2. The van der Waals surface area contributed by atoms with Crippen molar-refractivity contribution in [2.24, 2.45) is 0 Å². The molecule has 6 heteroatoms. The van der Waals surface area contributed by atoms with E-state index in [-0.39, 0.29) is 18.6 Å². The molecule has 0 aromatic heterocycles. The molecule has 1 saturated heterocycles. The second-order valence-corrected chi connectivity index (χ2v) is 6.98. The number of nitriles is 1. The van der Waals surface area contributed by atoms with Gasteiger partial charge in [-0.2, -0.15) is 5.26 Å². The van der Waals surface area contributed by atoms with Gasteiger partial charge in [-0.3, -0.25) is 9.69 Å². The lowest BCUT2D eigenvalue weighted by atomic mass is 10.0. The lowest BCUT2D eigenvalue weighted by Crippen LogP contribution is -2.50. The van der Waals surface area contributed by atoms with Crippen LogP contribution in [0.1, 0.15) is 24.1 Å². The zero-order valence-electron chi connectivity index (χ0n) is 17.0. The summed E-state index contributed by atoms with van der Waals surface area (Å²) in [4.78, 5) is 16.5. The zero-order chi connectivity index (χ0) is 20.6. The Morgan fingerprint density at radius 2 is 1.72 bits per heavy atom. The third-order valence-electron chi connectivity index (χ3n) is 5.28. The SMILES string of the molecule is CCc1ccc(C(C#N)N2CCN(C(=O)COc3ccccc3OC)CC2)cc1. The van der Waals surface area contributed by atoms with Crippen molar-refractivity contribution in [1.29, 1.82) is 5.26 Å². The number of nitrogens with zero attached hydrogens (tertiary/aromatic N) is 3. The third-order valence-corrected chi connectivity index (χ3v) is 5.28. The molecular formula is C23H27N3O3.